The summed E-state index contributed by atoms with van der Waals surface area (Å²) in [7, 11) is 0. The highest BCUT2D eigenvalue weighted by Crippen LogP contribution is 2.26. The Hall–Kier alpha value is -2.46. The Bertz CT molecular complexity index is 836. The summed E-state index contributed by atoms with van der Waals surface area (Å²) < 4.78 is 5.48. The lowest BCUT2D eigenvalue weighted by atomic mass is 10.1. The van der Waals surface area contributed by atoms with Gasteiger partial charge in [-0.25, -0.2) is 4.79 Å². The van der Waals surface area contributed by atoms with Crippen molar-refractivity contribution in [2.45, 2.75) is 13.0 Å². The zero-order chi connectivity index (χ0) is 15.5. The molecule has 0 aliphatic carbocycles. The minimum Gasteiger partial charge on any atom is -0.454 e. The van der Waals surface area contributed by atoms with Crippen molar-refractivity contribution in [2.75, 3.05) is 0 Å². The molecule has 3 rings (SSSR count). The summed E-state index contributed by atoms with van der Waals surface area (Å²) in [6.07, 6.45) is 2.77. The highest BCUT2D eigenvalue weighted by Gasteiger charge is 2.16. The summed E-state index contributed by atoms with van der Waals surface area (Å²) in [4.78, 5) is 20.6. The molecule has 1 aromatic heterocycles. The molecule has 3 aromatic rings. The van der Waals surface area contributed by atoms with E-state index in [1.165, 1.54) is 0 Å². The molecule has 1 heterocycles. The largest absolute Gasteiger partial charge is 0.454 e. The van der Waals surface area contributed by atoms with Crippen LogP contribution in [0, 0.1) is 0 Å². The monoisotopic (exact) mass is 312 g/mol. The number of aromatic nitrogens is 2. The van der Waals surface area contributed by atoms with E-state index >= 15 is 0 Å². The second kappa shape index (κ2) is 6.12. The molecule has 0 fully saturated rings. The predicted molar refractivity (Wildman–Crippen MR) is 84.8 cm³/mol. The number of nitrogens with zero attached hydrogens (tertiary/aromatic N) is 2. The van der Waals surface area contributed by atoms with Crippen LogP contribution in [0.25, 0.3) is 11.0 Å². The van der Waals surface area contributed by atoms with Crippen molar-refractivity contribution in [3.05, 3.63) is 71.0 Å². The molecule has 1 atom stereocenters. The zero-order valence-electron chi connectivity index (χ0n) is 11.9. The molecular weight excluding hydrogens is 300 g/mol. The SMILES string of the molecule is C[C@@H](OC(=O)c1ccc2nccnc2c1)c1ccccc1Cl. The van der Waals surface area contributed by atoms with Gasteiger partial charge in [0.2, 0.25) is 0 Å². The van der Waals surface area contributed by atoms with E-state index in [0.717, 1.165) is 11.1 Å². The fourth-order valence-corrected chi connectivity index (χ4v) is 2.48. The van der Waals surface area contributed by atoms with Crippen LogP contribution in [0.4, 0.5) is 0 Å². The van der Waals surface area contributed by atoms with Gasteiger partial charge in [-0.1, -0.05) is 29.8 Å². The van der Waals surface area contributed by atoms with Gasteiger partial charge in [-0.15, -0.1) is 0 Å². The summed E-state index contributed by atoms with van der Waals surface area (Å²) in [5.74, 6) is -0.417. The fraction of sp³-hybridized carbons (Fsp3) is 0.118. The molecule has 22 heavy (non-hydrogen) atoms. The Labute approximate surface area is 132 Å². The van der Waals surface area contributed by atoms with Crippen LogP contribution >= 0.6 is 11.6 Å². The number of esters is 1. The zero-order valence-corrected chi connectivity index (χ0v) is 12.6. The van der Waals surface area contributed by atoms with Gasteiger partial charge in [-0.05, 0) is 31.2 Å². The Morgan fingerprint density at radius 2 is 1.82 bits per heavy atom. The van der Waals surface area contributed by atoms with Crippen LogP contribution in [0.3, 0.4) is 0 Å². The minimum absolute atomic E-state index is 0.417. The van der Waals surface area contributed by atoms with Crippen molar-refractivity contribution >= 4 is 28.6 Å². The topological polar surface area (TPSA) is 52.1 Å². The van der Waals surface area contributed by atoms with E-state index in [9.17, 15) is 4.79 Å². The third-order valence-electron chi connectivity index (χ3n) is 3.33. The smallest absolute Gasteiger partial charge is 0.338 e. The maximum absolute atomic E-state index is 12.3. The highest BCUT2D eigenvalue weighted by molar-refractivity contribution is 6.31. The number of halogens is 1. The molecule has 0 unspecified atom stereocenters. The predicted octanol–water partition coefficient (Wildman–Crippen LogP) is 4.20. The molecule has 0 aliphatic heterocycles. The number of carbonyl (C=O) groups is 1. The van der Waals surface area contributed by atoms with Gasteiger partial charge in [0.25, 0.3) is 0 Å². The molecule has 5 heteroatoms. The summed E-state index contributed by atoms with van der Waals surface area (Å²) in [5, 5.41) is 0.576. The molecule has 0 amide bonds. The maximum atomic E-state index is 12.3. The number of hydrogen-bond donors (Lipinski definition) is 0. The van der Waals surface area contributed by atoms with E-state index in [-0.39, 0.29) is 0 Å². The van der Waals surface area contributed by atoms with Crippen LogP contribution in [0.2, 0.25) is 5.02 Å². The molecule has 0 saturated heterocycles. The van der Waals surface area contributed by atoms with E-state index < -0.39 is 12.1 Å². The van der Waals surface area contributed by atoms with Crippen molar-refractivity contribution < 1.29 is 9.53 Å². The van der Waals surface area contributed by atoms with E-state index in [1.54, 1.807) is 43.6 Å². The van der Waals surface area contributed by atoms with Crippen molar-refractivity contribution in [2.24, 2.45) is 0 Å². The quantitative estimate of drug-likeness (QED) is 0.680. The van der Waals surface area contributed by atoms with Crippen molar-refractivity contribution in [1.82, 2.24) is 9.97 Å². The third-order valence-corrected chi connectivity index (χ3v) is 3.68. The lowest BCUT2D eigenvalue weighted by Crippen LogP contribution is -2.09. The first kappa shape index (κ1) is 14.5. The summed E-state index contributed by atoms with van der Waals surface area (Å²) in [5.41, 5.74) is 2.60. The van der Waals surface area contributed by atoms with Crippen LogP contribution < -0.4 is 0 Å². The Kier molecular flexibility index (Phi) is 4.02. The van der Waals surface area contributed by atoms with E-state index in [4.69, 9.17) is 16.3 Å². The van der Waals surface area contributed by atoms with E-state index in [1.807, 2.05) is 18.2 Å². The Balaban J connectivity index is 1.82. The lowest BCUT2D eigenvalue weighted by molar-refractivity contribution is 0.0338. The molecule has 0 radical (unpaired) electrons. The van der Waals surface area contributed by atoms with Gasteiger partial charge >= 0.3 is 5.97 Å². The molecule has 110 valence electrons. The van der Waals surface area contributed by atoms with E-state index in [0.29, 0.717) is 16.1 Å². The minimum atomic E-state index is -0.432. The van der Waals surface area contributed by atoms with Gasteiger partial charge in [0.15, 0.2) is 0 Å². The molecule has 0 saturated carbocycles. The molecule has 2 aromatic carbocycles. The third kappa shape index (κ3) is 2.92. The first-order chi connectivity index (χ1) is 10.6. The average molecular weight is 313 g/mol. The number of hydrogen-bond acceptors (Lipinski definition) is 4. The van der Waals surface area contributed by atoms with Crippen molar-refractivity contribution in [1.29, 1.82) is 0 Å². The summed E-state index contributed by atoms with van der Waals surface area (Å²) in [6, 6.07) is 12.4. The summed E-state index contributed by atoms with van der Waals surface area (Å²) in [6.45, 7) is 1.79. The van der Waals surface area contributed by atoms with Gasteiger partial charge in [-0.2, -0.15) is 0 Å². The standard InChI is InChI=1S/C17H13ClN2O2/c1-11(13-4-2-3-5-14(13)18)22-17(21)12-6-7-15-16(10-12)20-9-8-19-15/h2-11H,1H3/t11-/m1/s1. The first-order valence-electron chi connectivity index (χ1n) is 6.81. The van der Waals surface area contributed by atoms with Crippen LogP contribution in [0.15, 0.2) is 54.9 Å². The number of fused-ring (bicyclic) bond motifs is 1. The van der Waals surface area contributed by atoms with Crippen LogP contribution in [0.5, 0.6) is 0 Å². The van der Waals surface area contributed by atoms with Gasteiger partial charge < -0.3 is 4.74 Å². The molecule has 0 aliphatic rings. The Morgan fingerprint density at radius 1 is 1.09 bits per heavy atom. The molecule has 4 nitrogen and oxygen atoms in total. The molecular formula is C17H13ClN2O2. The number of rotatable bonds is 3. The number of carbonyl (C=O) groups excluding carboxylic acids is 1. The Morgan fingerprint density at radius 3 is 2.59 bits per heavy atom. The lowest BCUT2D eigenvalue weighted by Gasteiger charge is -2.15. The molecule has 0 spiro atoms. The number of ether oxygens (including phenoxy) is 1. The first-order valence-corrected chi connectivity index (χ1v) is 7.19. The van der Waals surface area contributed by atoms with Crippen molar-refractivity contribution in [3.63, 3.8) is 0 Å². The second-order valence-corrected chi connectivity index (χ2v) is 5.24. The van der Waals surface area contributed by atoms with Gasteiger partial charge in [0, 0.05) is 23.0 Å². The van der Waals surface area contributed by atoms with Crippen LogP contribution in [0.1, 0.15) is 28.9 Å². The number of benzene rings is 2. The molecule has 0 bridgehead atoms. The fourth-order valence-electron chi connectivity index (χ4n) is 2.19. The van der Waals surface area contributed by atoms with Crippen LogP contribution in [-0.2, 0) is 4.74 Å². The van der Waals surface area contributed by atoms with E-state index in [2.05, 4.69) is 9.97 Å². The second-order valence-electron chi connectivity index (χ2n) is 4.83. The summed E-state index contributed by atoms with van der Waals surface area (Å²) >= 11 is 6.12. The van der Waals surface area contributed by atoms with Crippen molar-refractivity contribution in [3.8, 4) is 0 Å². The molecule has 0 N–H and O–H groups in total. The van der Waals surface area contributed by atoms with Gasteiger partial charge in [0.05, 0.1) is 16.6 Å². The normalized spacial score (nSPS) is 12.1. The average Bonchev–Trinajstić information content (AvgIpc) is 2.54. The van der Waals surface area contributed by atoms with Crippen LogP contribution in [-0.4, -0.2) is 15.9 Å². The maximum Gasteiger partial charge on any atom is 0.338 e. The van der Waals surface area contributed by atoms with Gasteiger partial charge in [0.1, 0.15) is 6.10 Å². The highest BCUT2D eigenvalue weighted by atomic mass is 35.5. The van der Waals surface area contributed by atoms with Gasteiger partial charge in [-0.3, -0.25) is 9.97 Å².